The van der Waals surface area contributed by atoms with E-state index in [9.17, 15) is 9.90 Å². The molecule has 5 nitrogen and oxygen atoms in total. The standard InChI is InChI=1S/C18H23N3O2S/c1-12(2)17-16(13-6-4-3-5-7-13)20-18(24-17)19-15(23)11-21-9-8-14(22)10-21/h3-7,12,14,22H,8-11H2,1-2H3,(H,19,20,23)/t14-/m0/s1. The number of amides is 1. The van der Waals surface area contributed by atoms with Crippen molar-refractivity contribution in [3.05, 3.63) is 35.2 Å². The van der Waals surface area contributed by atoms with Crippen LogP contribution in [0.4, 0.5) is 5.13 Å². The molecule has 1 aromatic heterocycles. The Balaban J connectivity index is 1.73. The van der Waals surface area contributed by atoms with Crippen LogP contribution in [0.25, 0.3) is 11.3 Å². The van der Waals surface area contributed by atoms with E-state index in [-0.39, 0.29) is 12.0 Å². The van der Waals surface area contributed by atoms with Crippen molar-refractivity contribution in [3.63, 3.8) is 0 Å². The maximum Gasteiger partial charge on any atom is 0.240 e. The van der Waals surface area contributed by atoms with Gasteiger partial charge < -0.3 is 10.4 Å². The SMILES string of the molecule is CC(C)c1sc(NC(=O)CN2CC[C@H](O)C2)nc1-c1ccccc1. The molecule has 0 bridgehead atoms. The highest BCUT2D eigenvalue weighted by molar-refractivity contribution is 7.16. The molecule has 0 aliphatic carbocycles. The largest absolute Gasteiger partial charge is 0.392 e. The van der Waals surface area contributed by atoms with E-state index in [0.717, 1.165) is 24.2 Å². The topological polar surface area (TPSA) is 65.5 Å². The fourth-order valence-electron chi connectivity index (χ4n) is 2.90. The van der Waals surface area contributed by atoms with Crippen LogP contribution in [-0.4, -0.2) is 46.6 Å². The van der Waals surface area contributed by atoms with E-state index < -0.39 is 0 Å². The lowest BCUT2D eigenvalue weighted by atomic mass is 10.1. The zero-order chi connectivity index (χ0) is 17.1. The van der Waals surface area contributed by atoms with E-state index in [1.165, 1.54) is 16.2 Å². The van der Waals surface area contributed by atoms with Gasteiger partial charge in [-0.25, -0.2) is 4.98 Å². The van der Waals surface area contributed by atoms with E-state index in [2.05, 4.69) is 24.1 Å². The molecule has 1 saturated heterocycles. The van der Waals surface area contributed by atoms with Crippen molar-refractivity contribution in [2.24, 2.45) is 0 Å². The number of benzene rings is 1. The zero-order valence-electron chi connectivity index (χ0n) is 14.0. The van der Waals surface area contributed by atoms with Gasteiger partial charge in [0.05, 0.1) is 18.3 Å². The molecular weight excluding hydrogens is 322 g/mol. The first-order valence-electron chi connectivity index (χ1n) is 8.29. The minimum atomic E-state index is -0.310. The fraction of sp³-hybridized carbons (Fsp3) is 0.444. The monoisotopic (exact) mass is 345 g/mol. The Bertz CT molecular complexity index is 700. The molecule has 1 aliphatic heterocycles. The Morgan fingerprint density at radius 2 is 2.17 bits per heavy atom. The number of carbonyl (C=O) groups is 1. The van der Waals surface area contributed by atoms with Gasteiger partial charge in [-0.15, -0.1) is 11.3 Å². The maximum atomic E-state index is 12.2. The summed E-state index contributed by atoms with van der Waals surface area (Å²) in [6.45, 7) is 5.90. The molecule has 2 N–H and O–H groups in total. The van der Waals surface area contributed by atoms with Crippen LogP contribution >= 0.6 is 11.3 Å². The Hall–Kier alpha value is -1.76. The van der Waals surface area contributed by atoms with Gasteiger partial charge in [0.15, 0.2) is 5.13 Å². The summed E-state index contributed by atoms with van der Waals surface area (Å²) >= 11 is 1.54. The summed E-state index contributed by atoms with van der Waals surface area (Å²) in [5.41, 5.74) is 2.02. The summed E-state index contributed by atoms with van der Waals surface area (Å²) in [6, 6.07) is 10.1. The van der Waals surface area contributed by atoms with Gasteiger partial charge in [0.1, 0.15) is 0 Å². The summed E-state index contributed by atoms with van der Waals surface area (Å²) in [5.74, 6) is 0.268. The molecule has 24 heavy (non-hydrogen) atoms. The van der Waals surface area contributed by atoms with Crippen LogP contribution in [0.15, 0.2) is 30.3 Å². The second-order valence-electron chi connectivity index (χ2n) is 6.48. The van der Waals surface area contributed by atoms with Gasteiger partial charge in [-0.05, 0) is 12.3 Å². The second-order valence-corrected chi connectivity index (χ2v) is 7.51. The molecule has 2 heterocycles. The Morgan fingerprint density at radius 1 is 1.42 bits per heavy atom. The number of aromatic nitrogens is 1. The van der Waals surface area contributed by atoms with Crippen LogP contribution in [-0.2, 0) is 4.79 Å². The minimum Gasteiger partial charge on any atom is -0.392 e. The highest BCUT2D eigenvalue weighted by atomic mass is 32.1. The summed E-state index contributed by atoms with van der Waals surface area (Å²) in [4.78, 5) is 20.0. The Morgan fingerprint density at radius 3 is 2.79 bits per heavy atom. The molecule has 1 fully saturated rings. The molecule has 2 aromatic rings. The van der Waals surface area contributed by atoms with E-state index in [4.69, 9.17) is 0 Å². The van der Waals surface area contributed by atoms with Gasteiger partial charge in [-0.3, -0.25) is 9.69 Å². The Kier molecular flexibility index (Phi) is 5.28. The first-order valence-corrected chi connectivity index (χ1v) is 9.11. The van der Waals surface area contributed by atoms with Crippen molar-refractivity contribution in [1.82, 2.24) is 9.88 Å². The first-order chi connectivity index (χ1) is 11.5. The molecule has 1 aromatic carbocycles. The summed E-state index contributed by atoms with van der Waals surface area (Å²) < 4.78 is 0. The predicted octanol–water partition coefficient (Wildman–Crippen LogP) is 2.94. The first kappa shape index (κ1) is 17.1. The number of anilines is 1. The number of hydrogen-bond donors (Lipinski definition) is 2. The zero-order valence-corrected chi connectivity index (χ0v) is 14.8. The second kappa shape index (κ2) is 7.42. The van der Waals surface area contributed by atoms with Gasteiger partial charge in [0.2, 0.25) is 5.91 Å². The van der Waals surface area contributed by atoms with E-state index >= 15 is 0 Å². The van der Waals surface area contributed by atoms with Crippen molar-refractivity contribution in [2.45, 2.75) is 32.3 Å². The summed E-state index contributed by atoms with van der Waals surface area (Å²) in [5, 5.41) is 13.1. The third kappa shape index (κ3) is 4.01. The van der Waals surface area contributed by atoms with Crippen molar-refractivity contribution in [2.75, 3.05) is 25.0 Å². The highest BCUT2D eigenvalue weighted by Gasteiger charge is 2.23. The maximum absolute atomic E-state index is 12.2. The number of nitrogens with one attached hydrogen (secondary N) is 1. The molecule has 0 spiro atoms. The number of likely N-dealkylation sites (tertiary alicyclic amines) is 1. The lowest BCUT2D eigenvalue weighted by Crippen LogP contribution is -2.32. The van der Waals surface area contributed by atoms with Gasteiger partial charge in [-0.1, -0.05) is 44.2 Å². The third-order valence-corrected chi connectivity index (χ3v) is 5.36. The normalized spacial score (nSPS) is 18.2. The molecular formula is C18H23N3O2S. The van der Waals surface area contributed by atoms with Gasteiger partial charge in [-0.2, -0.15) is 0 Å². The number of hydrogen-bond acceptors (Lipinski definition) is 5. The molecule has 0 saturated carbocycles. The van der Waals surface area contributed by atoms with Crippen molar-refractivity contribution >= 4 is 22.4 Å². The summed E-state index contributed by atoms with van der Waals surface area (Å²) in [6.07, 6.45) is 0.426. The predicted molar refractivity (Wildman–Crippen MR) is 97.3 cm³/mol. The van der Waals surface area contributed by atoms with Crippen LogP contribution in [0.2, 0.25) is 0 Å². The number of β-amino-alcohol motifs (C(OH)–C–C–N with tert-alkyl or cyclic N) is 1. The van der Waals surface area contributed by atoms with Crippen LogP contribution in [0.1, 0.15) is 31.1 Å². The molecule has 6 heteroatoms. The molecule has 1 aliphatic rings. The number of nitrogens with zero attached hydrogens (tertiary/aromatic N) is 2. The molecule has 128 valence electrons. The third-order valence-electron chi connectivity index (χ3n) is 4.09. The molecule has 0 radical (unpaired) electrons. The van der Waals surface area contributed by atoms with E-state index in [1.54, 1.807) is 0 Å². The van der Waals surface area contributed by atoms with E-state index in [1.807, 2.05) is 35.2 Å². The molecule has 1 amide bonds. The van der Waals surface area contributed by atoms with Crippen LogP contribution in [0.5, 0.6) is 0 Å². The number of rotatable bonds is 5. The van der Waals surface area contributed by atoms with Crippen molar-refractivity contribution in [1.29, 1.82) is 0 Å². The average Bonchev–Trinajstić information content (AvgIpc) is 3.14. The summed E-state index contributed by atoms with van der Waals surface area (Å²) in [7, 11) is 0. The molecule has 0 unspecified atom stereocenters. The van der Waals surface area contributed by atoms with Gasteiger partial charge >= 0.3 is 0 Å². The number of thiazole rings is 1. The lowest BCUT2D eigenvalue weighted by Gasteiger charge is -2.13. The quantitative estimate of drug-likeness (QED) is 0.874. The highest BCUT2D eigenvalue weighted by Crippen LogP contribution is 2.36. The van der Waals surface area contributed by atoms with Crippen molar-refractivity contribution in [3.8, 4) is 11.3 Å². The van der Waals surface area contributed by atoms with E-state index in [0.29, 0.717) is 24.1 Å². The van der Waals surface area contributed by atoms with Crippen molar-refractivity contribution < 1.29 is 9.90 Å². The Labute approximate surface area is 146 Å². The number of aliphatic hydroxyl groups excluding tert-OH is 1. The smallest absolute Gasteiger partial charge is 0.240 e. The van der Waals surface area contributed by atoms with Crippen LogP contribution in [0.3, 0.4) is 0 Å². The van der Waals surface area contributed by atoms with Crippen LogP contribution in [0, 0.1) is 0 Å². The minimum absolute atomic E-state index is 0.0761. The fourth-order valence-corrected chi connectivity index (χ4v) is 3.90. The molecule has 1 atom stereocenters. The molecule has 3 rings (SSSR count). The average molecular weight is 345 g/mol. The number of aliphatic hydroxyl groups is 1. The lowest BCUT2D eigenvalue weighted by molar-refractivity contribution is -0.117. The van der Waals surface area contributed by atoms with Gasteiger partial charge in [0.25, 0.3) is 0 Å². The van der Waals surface area contributed by atoms with Gasteiger partial charge in [0, 0.05) is 23.5 Å². The number of carbonyl (C=O) groups excluding carboxylic acids is 1. The van der Waals surface area contributed by atoms with Crippen LogP contribution < -0.4 is 5.32 Å².